The number of carbonyl (C=O) groups excluding carboxylic acids is 3. The molecule has 11 nitrogen and oxygen atoms in total. The van der Waals surface area contributed by atoms with Gasteiger partial charge in [0.2, 0.25) is 17.7 Å². The summed E-state index contributed by atoms with van der Waals surface area (Å²) in [5.74, 6) is -2.41. The number of benzene rings is 1. The van der Waals surface area contributed by atoms with E-state index in [9.17, 15) is 19.5 Å². The SMILES string of the molecule is C=CCN(Cn1nnc2ccccc21)C(=O)C1N([C@@H](CO)[C@@H](C)CC)C(=O)[C@@H]2[C@@H](C(=O)N(CC=C)CCC)[C@@]3(CC)CCC12O3. The molecule has 1 N–H and O–H groups in total. The number of hydrogen-bond acceptors (Lipinski definition) is 7. The third-order valence-electron chi connectivity index (χ3n) is 10.5. The maximum Gasteiger partial charge on any atom is 0.250 e. The highest BCUT2D eigenvalue weighted by Crippen LogP contribution is 2.65. The van der Waals surface area contributed by atoms with Gasteiger partial charge in [0.15, 0.2) is 0 Å². The highest BCUT2D eigenvalue weighted by molar-refractivity contribution is 5.99. The number of aliphatic hydroxyl groups is 1. The summed E-state index contributed by atoms with van der Waals surface area (Å²) in [5, 5.41) is 19.3. The zero-order valence-corrected chi connectivity index (χ0v) is 27.1. The second-order valence-electron chi connectivity index (χ2n) is 12.9. The molecule has 5 rings (SSSR count). The summed E-state index contributed by atoms with van der Waals surface area (Å²) in [6, 6.07) is 5.88. The number of aliphatic hydroxyl groups excluding tert-OH is 1. The van der Waals surface area contributed by atoms with Gasteiger partial charge in [-0.3, -0.25) is 14.4 Å². The Kier molecular flexibility index (Phi) is 9.51. The Labute approximate surface area is 265 Å². The normalized spacial score (nSPS) is 28.2. The number of aromatic nitrogens is 3. The van der Waals surface area contributed by atoms with Crippen LogP contribution in [0, 0.1) is 17.8 Å². The number of nitrogens with zero attached hydrogens (tertiary/aromatic N) is 6. The van der Waals surface area contributed by atoms with Crippen LogP contribution >= 0.6 is 0 Å². The highest BCUT2D eigenvalue weighted by atomic mass is 16.5. The molecular weight excluding hydrogens is 572 g/mol. The lowest BCUT2D eigenvalue weighted by molar-refractivity contribution is -0.160. The van der Waals surface area contributed by atoms with E-state index in [0.717, 1.165) is 11.9 Å². The van der Waals surface area contributed by atoms with Crippen molar-refractivity contribution in [1.29, 1.82) is 0 Å². The van der Waals surface area contributed by atoms with Crippen LogP contribution in [0.3, 0.4) is 0 Å². The molecule has 3 fully saturated rings. The van der Waals surface area contributed by atoms with Gasteiger partial charge in [0, 0.05) is 19.6 Å². The van der Waals surface area contributed by atoms with Gasteiger partial charge in [0.25, 0.3) is 0 Å². The van der Waals surface area contributed by atoms with Crippen LogP contribution < -0.4 is 0 Å². The molecule has 3 saturated heterocycles. The Bertz CT molecular complexity index is 1440. The van der Waals surface area contributed by atoms with Crippen LogP contribution in [0.1, 0.15) is 59.8 Å². The fraction of sp³-hybridized carbons (Fsp3) is 0.618. The van der Waals surface area contributed by atoms with E-state index in [-0.39, 0.29) is 43.5 Å². The molecule has 1 spiro atoms. The van der Waals surface area contributed by atoms with Gasteiger partial charge < -0.3 is 24.5 Å². The smallest absolute Gasteiger partial charge is 0.250 e. The first-order chi connectivity index (χ1) is 21.7. The molecule has 4 heterocycles. The molecule has 7 atom stereocenters. The number of para-hydroxylation sites is 1. The number of fused-ring (bicyclic) bond motifs is 2. The number of ether oxygens (including phenoxy) is 1. The molecular formula is C34H48N6O5. The van der Waals surface area contributed by atoms with Crippen molar-refractivity contribution in [3.05, 3.63) is 49.6 Å². The van der Waals surface area contributed by atoms with E-state index in [1.54, 1.807) is 31.5 Å². The molecule has 3 amide bonds. The largest absolute Gasteiger partial charge is 0.394 e. The third-order valence-corrected chi connectivity index (χ3v) is 10.5. The van der Waals surface area contributed by atoms with Crippen LogP contribution in [0.25, 0.3) is 11.0 Å². The molecule has 11 heteroatoms. The fourth-order valence-corrected chi connectivity index (χ4v) is 8.13. The third kappa shape index (κ3) is 5.17. The standard InChI is InChI=1S/C34H48N6O5/c1-7-18-37(19-8-2)30(42)27-28-31(43)40(26(21-41)23(6)10-4)29(34(28)17-16-33(27,11-5)45-34)32(44)38(20-9-3)22-39-25-15-13-12-14-24(25)35-36-39/h7,9,12-15,23,26-29,41H,1,3,8,10-11,16-22H2,2,4-6H3/t23-,26-,27-,28-,29?,33+,34?/m0/s1. The van der Waals surface area contributed by atoms with Gasteiger partial charge in [-0.1, -0.05) is 63.6 Å². The van der Waals surface area contributed by atoms with Crippen molar-refractivity contribution in [2.24, 2.45) is 17.8 Å². The number of rotatable bonds is 15. The van der Waals surface area contributed by atoms with Crippen LogP contribution in [-0.2, 0) is 25.8 Å². The number of likely N-dealkylation sites (tertiary alicyclic amines) is 1. The molecule has 2 aromatic rings. The molecule has 2 bridgehead atoms. The predicted octanol–water partition coefficient (Wildman–Crippen LogP) is 3.39. The summed E-state index contributed by atoms with van der Waals surface area (Å²) in [4.78, 5) is 49.1. The summed E-state index contributed by atoms with van der Waals surface area (Å²) < 4.78 is 8.67. The van der Waals surface area contributed by atoms with Gasteiger partial charge in [0.1, 0.15) is 23.8 Å². The zero-order valence-electron chi connectivity index (χ0n) is 27.1. The van der Waals surface area contributed by atoms with Crippen molar-refractivity contribution in [2.45, 2.75) is 89.8 Å². The molecule has 3 aliphatic heterocycles. The van der Waals surface area contributed by atoms with E-state index in [1.807, 2.05) is 52.0 Å². The van der Waals surface area contributed by atoms with Crippen molar-refractivity contribution in [3.63, 3.8) is 0 Å². The summed E-state index contributed by atoms with van der Waals surface area (Å²) in [5.41, 5.74) is -0.584. The molecule has 1 aromatic carbocycles. The topological polar surface area (TPSA) is 121 Å². The summed E-state index contributed by atoms with van der Waals surface area (Å²) in [6.45, 7) is 16.6. The number of hydrogen-bond donors (Lipinski definition) is 1. The van der Waals surface area contributed by atoms with Crippen molar-refractivity contribution in [3.8, 4) is 0 Å². The summed E-state index contributed by atoms with van der Waals surface area (Å²) >= 11 is 0. The maximum absolute atomic E-state index is 15.0. The minimum atomic E-state index is -1.21. The van der Waals surface area contributed by atoms with Crippen molar-refractivity contribution in [2.75, 3.05) is 26.2 Å². The molecule has 0 radical (unpaired) electrons. The van der Waals surface area contributed by atoms with Crippen LogP contribution in [0.4, 0.5) is 0 Å². The van der Waals surface area contributed by atoms with E-state index in [2.05, 4.69) is 23.5 Å². The fourth-order valence-electron chi connectivity index (χ4n) is 8.13. The monoisotopic (exact) mass is 620 g/mol. The Morgan fingerprint density at radius 3 is 2.49 bits per heavy atom. The molecule has 2 unspecified atom stereocenters. The molecule has 1 aromatic heterocycles. The van der Waals surface area contributed by atoms with Crippen molar-refractivity contribution >= 4 is 28.8 Å². The van der Waals surface area contributed by atoms with Gasteiger partial charge in [-0.25, -0.2) is 4.68 Å². The average molecular weight is 621 g/mol. The van der Waals surface area contributed by atoms with E-state index < -0.39 is 35.1 Å². The second kappa shape index (κ2) is 13.0. The lowest BCUT2D eigenvalue weighted by Crippen LogP contribution is -2.60. The second-order valence-corrected chi connectivity index (χ2v) is 12.9. The van der Waals surface area contributed by atoms with Gasteiger partial charge >= 0.3 is 0 Å². The predicted molar refractivity (Wildman–Crippen MR) is 171 cm³/mol. The molecule has 45 heavy (non-hydrogen) atoms. The lowest BCUT2D eigenvalue weighted by Gasteiger charge is -2.41. The maximum atomic E-state index is 15.0. The molecule has 0 saturated carbocycles. The first-order valence-corrected chi connectivity index (χ1v) is 16.4. The van der Waals surface area contributed by atoms with Gasteiger partial charge in [-0.15, -0.1) is 18.3 Å². The van der Waals surface area contributed by atoms with Crippen molar-refractivity contribution < 1.29 is 24.2 Å². The van der Waals surface area contributed by atoms with E-state index in [4.69, 9.17) is 4.74 Å². The Hall–Kier alpha value is -3.57. The Balaban J connectivity index is 1.62. The minimum absolute atomic E-state index is 0.0860. The average Bonchev–Trinajstić information content (AvgIpc) is 3.78. The van der Waals surface area contributed by atoms with Crippen LogP contribution in [-0.4, -0.2) is 102 Å². The molecule has 0 aliphatic carbocycles. The van der Waals surface area contributed by atoms with E-state index >= 15 is 0 Å². The van der Waals surface area contributed by atoms with Crippen LogP contribution in [0.2, 0.25) is 0 Å². The van der Waals surface area contributed by atoms with E-state index in [1.165, 1.54) is 0 Å². The highest BCUT2D eigenvalue weighted by Gasteiger charge is 2.79. The van der Waals surface area contributed by atoms with Gasteiger partial charge in [0.05, 0.1) is 35.6 Å². The Morgan fingerprint density at radius 1 is 1.13 bits per heavy atom. The number of carbonyl (C=O) groups is 3. The van der Waals surface area contributed by atoms with Crippen LogP contribution in [0.15, 0.2) is 49.6 Å². The van der Waals surface area contributed by atoms with Crippen LogP contribution in [0.5, 0.6) is 0 Å². The first-order valence-electron chi connectivity index (χ1n) is 16.4. The first kappa shape index (κ1) is 32.8. The van der Waals surface area contributed by atoms with Gasteiger partial charge in [-0.05, 0) is 43.7 Å². The van der Waals surface area contributed by atoms with E-state index in [0.29, 0.717) is 44.3 Å². The molecule has 244 valence electrons. The Morgan fingerprint density at radius 2 is 1.84 bits per heavy atom. The lowest BCUT2D eigenvalue weighted by atomic mass is 9.64. The van der Waals surface area contributed by atoms with Crippen molar-refractivity contribution in [1.82, 2.24) is 29.7 Å². The quantitative estimate of drug-likeness (QED) is 0.303. The summed E-state index contributed by atoms with van der Waals surface area (Å²) in [7, 11) is 0. The zero-order chi connectivity index (χ0) is 32.5. The van der Waals surface area contributed by atoms with Gasteiger partial charge in [-0.2, -0.15) is 0 Å². The minimum Gasteiger partial charge on any atom is -0.394 e. The summed E-state index contributed by atoms with van der Waals surface area (Å²) in [6.07, 6.45) is 6.39. The number of amides is 3. The molecule has 3 aliphatic rings.